The topological polar surface area (TPSA) is 54.3 Å². The van der Waals surface area contributed by atoms with Crippen LogP contribution in [0.15, 0.2) is 16.7 Å². The van der Waals surface area contributed by atoms with Gasteiger partial charge in [-0.1, -0.05) is 0 Å². The molecule has 1 aromatic rings. The second-order valence-electron chi connectivity index (χ2n) is 4.24. The molecule has 1 aliphatic carbocycles. The van der Waals surface area contributed by atoms with Crippen molar-refractivity contribution in [1.82, 2.24) is 9.88 Å². The van der Waals surface area contributed by atoms with Crippen LogP contribution >= 0.6 is 15.9 Å². The summed E-state index contributed by atoms with van der Waals surface area (Å²) in [4.78, 5) is 11.9. The Morgan fingerprint density at radius 3 is 3.00 bits per heavy atom. The van der Waals surface area contributed by atoms with Gasteiger partial charge in [0.15, 0.2) is 0 Å². The van der Waals surface area contributed by atoms with E-state index in [1.165, 1.54) is 0 Å². The van der Waals surface area contributed by atoms with E-state index in [2.05, 4.69) is 21.2 Å². The molecule has 0 bridgehead atoms. The zero-order chi connectivity index (χ0) is 11.7. The molecule has 2 N–H and O–H groups in total. The fourth-order valence-corrected chi connectivity index (χ4v) is 2.05. The molecule has 4 nitrogen and oxygen atoms in total. The van der Waals surface area contributed by atoms with E-state index in [-0.39, 0.29) is 12.5 Å². The molecular formula is C11H15BrN2O2. The molecule has 0 aromatic carbocycles. The van der Waals surface area contributed by atoms with E-state index in [0.29, 0.717) is 11.7 Å². The van der Waals surface area contributed by atoms with Gasteiger partial charge in [-0.2, -0.15) is 0 Å². The average Bonchev–Trinajstić information content (AvgIpc) is 2.98. The van der Waals surface area contributed by atoms with Crippen LogP contribution in [0.1, 0.15) is 36.3 Å². The van der Waals surface area contributed by atoms with Gasteiger partial charge in [0.2, 0.25) is 0 Å². The number of aliphatic hydroxyl groups is 1. The van der Waals surface area contributed by atoms with Gasteiger partial charge in [0.05, 0.1) is 6.10 Å². The molecule has 16 heavy (non-hydrogen) atoms. The van der Waals surface area contributed by atoms with Crippen molar-refractivity contribution in [2.75, 3.05) is 6.54 Å². The first-order chi connectivity index (χ1) is 7.58. The third-order valence-electron chi connectivity index (χ3n) is 2.55. The Bertz CT molecular complexity index is 397. The molecule has 0 radical (unpaired) electrons. The number of carbonyl (C=O) groups excluding carboxylic acids is 1. The maximum Gasteiger partial charge on any atom is 0.268 e. The van der Waals surface area contributed by atoms with Gasteiger partial charge in [-0.25, -0.2) is 0 Å². The zero-order valence-corrected chi connectivity index (χ0v) is 10.7. The summed E-state index contributed by atoms with van der Waals surface area (Å²) in [6.07, 6.45) is 3.70. The molecule has 2 rings (SSSR count). The lowest BCUT2D eigenvalue weighted by Gasteiger charge is -2.09. The number of rotatable bonds is 4. The van der Waals surface area contributed by atoms with Crippen molar-refractivity contribution in [2.24, 2.45) is 0 Å². The third-order valence-corrected chi connectivity index (χ3v) is 2.98. The van der Waals surface area contributed by atoms with Crippen LogP contribution in [-0.2, 0) is 0 Å². The Labute approximate surface area is 103 Å². The predicted molar refractivity (Wildman–Crippen MR) is 64.4 cm³/mol. The molecule has 1 aromatic heterocycles. The Morgan fingerprint density at radius 1 is 1.75 bits per heavy atom. The maximum absolute atomic E-state index is 11.9. The first kappa shape index (κ1) is 11.7. The number of aliphatic hydroxyl groups excluding tert-OH is 1. The second kappa shape index (κ2) is 4.59. The van der Waals surface area contributed by atoms with Crippen LogP contribution in [0.5, 0.6) is 0 Å². The number of hydrogen-bond acceptors (Lipinski definition) is 2. The van der Waals surface area contributed by atoms with Gasteiger partial charge < -0.3 is 15.0 Å². The summed E-state index contributed by atoms with van der Waals surface area (Å²) in [5.41, 5.74) is 0.662. The van der Waals surface area contributed by atoms with Crippen molar-refractivity contribution >= 4 is 21.8 Å². The van der Waals surface area contributed by atoms with Gasteiger partial charge in [-0.15, -0.1) is 0 Å². The number of aromatic nitrogens is 1. The highest BCUT2D eigenvalue weighted by atomic mass is 79.9. The van der Waals surface area contributed by atoms with E-state index < -0.39 is 6.10 Å². The molecule has 1 heterocycles. The molecule has 88 valence electrons. The molecule has 1 aliphatic rings. The minimum absolute atomic E-state index is 0.126. The number of amides is 1. The van der Waals surface area contributed by atoms with Crippen LogP contribution in [-0.4, -0.2) is 28.2 Å². The first-order valence-electron chi connectivity index (χ1n) is 5.41. The number of hydrogen-bond donors (Lipinski definition) is 2. The van der Waals surface area contributed by atoms with Crippen LogP contribution in [0, 0.1) is 0 Å². The van der Waals surface area contributed by atoms with Crippen molar-refractivity contribution < 1.29 is 9.90 Å². The molecule has 0 spiro atoms. The molecule has 5 heteroatoms. The average molecular weight is 287 g/mol. The summed E-state index contributed by atoms with van der Waals surface area (Å²) in [6.45, 7) is 1.93. The highest BCUT2D eigenvalue weighted by Gasteiger charge is 2.27. The Balaban J connectivity index is 2.09. The summed E-state index contributed by atoms with van der Waals surface area (Å²) < 4.78 is 2.92. The lowest BCUT2D eigenvalue weighted by atomic mass is 10.3. The monoisotopic (exact) mass is 286 g/mol. The molecule has 1 unspecified atom stereocenters. The van der Waals surface area contributed by atoms with Gasteiger partial charge in [-0.05, 0) is 41.8 Å². The summed E-state index contributed by atoms with van der Waals surface area (Å²) in [5, 5.41) is 11.8. The number of carbonyl (C=O) groups is 1. The molecule has 1 saturated carbocycles. The van der Waals surface area contributed by atoms with Gasteiger partial charge in [0.1, 0.15) is 5.69 Å². The largest absolute Gasteiger partial charge is 0.392 e. The standard InChI is InChI=1S/C11H15BrN2O2/c1-7(15)5-13-11(16)10-4-8(12)6-14(10)9-2-3-9/h4,6-7,9,15H,2-3,5H2,1H3,(H,13,16). The van der Waals surface area contributed by atoms with Crippen LogP contribution in [0.2, 0.25) is 0 Å². The van der Waals surface area contributed by atoms with Crippen molar-refractivity contribution in [3.8, 4) is 0 Å². The van der Waals surface area contributed by atoms with Gasteiger partial charge >= 0.3 is 0 Å². The third kappa shape index (κ3) is 2.65. The molecule has 1 amide bonds. The summed E-state index contributed by atoms with van der Waals surface area (Å²) in [6, 6.07) is 2.29. The molecule has 0 saturated heterocycles. The van der Waals surface area contributed by atoms with Crippen molar-refractivity contribution in [3.05, 3.63) is 22.4 Å². The summed E-state index contributed by atoms with van der Waals surface area (Å²) in [5.74, 6) is -0.126. The summed E-state index contributed by atoms with van der Waals surface area (Å²) in [7, 11) is 0. The van der Waals surface area contributed by atoms with E-state index >= 15 is 0 Å². The smallest absolute Gasteiger partial charge is 0.268 e. The fraction of sp³-hybridized carbons (Fsp3) is 0.545. The van der Waals surface area contributed by atoms with E-state index in [0.717, 1.165) is 17.3 Å². The van der Waals surface area contributed by atoms with Gasteiger partial charge in [-0.3, -0.25) is 4.79 Å². The van der Waals surface area contributed by atoms with Crippen LogP contribution in [0.3, 0.4) is 0 Å². The molecule has 0 aliphatic heterocycles. The molecular weight excluding hydrogens is 272 g/mol. The highest BCUT2D eigenvalue weighted by molar-refractivity contribution is 9.10. The van der Waals surface area contributed by atoms with E-state index in [1.807, 2.05) is 16.8 Å². The quantitative estimate of drug-likeness (QED) is 0.885. The Morgan fingerprint density at radius 2 is 2.44 bits per heavy atom. The zero-order valence-electron chi connectivity index (χ0n) is 9.11. The maximum atomic E-state index is 11.9. The lowest BCUT2D eigenvalue weighted by molar-refractivity contribution is 0.0914. The minimum atomic E-state index is -0.517. The number of nitrogens with one attached hydrogen (secondary N) is 1. The van der Waals surface area contributed by atoms with Crippen LogP contribution in [0.25, 0.3) is 0 Å². The molecule has 1 fully saturated rings. The molecule has 1 atom stereocenters. The highest BCUT2D eigenvalue weighted by Crippen LogP contribution is 2.37. The first-order valence-corrected chi connectivity index (χ1v) is 6.21. The van der Waals surface area contributed by atoms with Crippen LogP contribution < -0.4 is 5.32 Å². The predicted octanol–water partition coefficient (Wildman–Crippen LogP) is 1.70. The SMILES string of the molecule is CC(O)CNC(=O)c1cc(Br)cn1C1CC1. The van der Waals surface area contributed by atoms with E-state index in [1.54, 1.807) is 6.92 Å². The Hall–Kier alpha value is -0.810. The lowest BCUT2D eigenvalue weighted by Crippen LogP contribution is -2.31. The van der Waals surface area contributed by atoms with Crippen molar-refractivity contribution in [3.63, 3.8) is 0 Å². The fourth-order valence-electron chi connectivity index (χ4n) is 1.61. The van der Waals surface area contributed by atoms with E-state index in [4.69, 9.17) is 5.11 Å². The van der Waals surface area contributed by atoms with Gasteiger partial charge in [0, 0.05) is 23.3 Å². The van der Waals surface area contributed by atoms with Crippen LogP contribution in [0.4, 0.5) is 0 Å². The van der Waals surface area contributed by atoms with Crippen molar-refractivity contribution in [2.45, 2.75) is 31.9 Å². The normalized spacial score (nSPS) is 17.2. The number of nitrogens with zero attached hydrogens (tertiary/aromatic N) is 1. The van der Waals surface area contributed by atoms with Crippen molar-refractivity contribution in [1.29, 1.82) is 0 Å². The second-order valence-corrected chi connectivity index (χ2v) is 5.16. The van der Waals surface area contributed by atoms with E-state index in [9.17, 15) is 4.79 Å². The minimum Gasteiger partial charge on any atom is -0.392 e. The summed E-state index contributed by atoms with van der Waals surface area (Å²) >= 11 is 3.38. The Kier molecular flexibility index (Phi) is 3.35. The van der Waals surface area contributed by atoms with Gasteiger partial charge in [0.25, 0.3) is 5.91 Å². The number of halogens is 1.